The van der Waals surface area contributed by atoms with Crippen LogP contribution in [0.3, 0.4) is 0 Å². The molecule has 0 saturated carbocycles. The Balaban J connectivity index is 1.36. The fourth-order valence-corrected chi connectivity index (χ4v) is 2.58. The minimum atomic E-state index is 0.763. The first-order valence-electron chi connectivity index (χ1n) is 8.46. The number of hydrogen-bond donors (Lipinski definition) is 1. The molecule has 24 heavy (non-hydrogen) atoms. The highest BCUT2D eigenvalue weighted by molar-refractivity contribution is 5.88. The van der Waals surface area contributed by atoms with Crippen molar-refractivity contribution in [3.63, 3.8) is 0 Å². The zero-order chi connectivity index (χ0) is 16.6. The second-order valence-electron chi connectivity index (χ2n) is 5.89. The van der Waals surface area contributed by atoms with Gasteiger partial charge in [0.1, 0.15) is 17.9 Å². The van der Waals surface area contributed by atoms with Gasteiger partial charge in [0, 0.05) is 11.9 Å². The lowest BCUT2D eigenvalue weighted by Crippen LogP contribution is -2.05. The lowest BCUT2D eigenvalue weighted by atomic mass is 10.2. The van der Waals surface area contributed by atoms with Crippen LogP contribution in [0.4, 0.5) is 5.82 Å². The van der Waals surface area contributed by atoms with Crippen LogP contribution in [0.2, 0.25) is 0 Å². The second kappa shape index (κ2) is 8.29. The molecule has 3 aromatic rings. The lowest BCUT2D eigenvalue weighted by Gasteiger charge is -2.09. The maximum absolute atomic E-state index is 5.74. The van der Waals surface area contributed by atoms with E-state index in [9.17, 15) is 0 Å². The van der Waals surface area contributed by atoms with Crippen LogP contribution >= 0.6 is 0 Å². The molecule has 3 rings (SSSR count). The number of fused-ring (bicyclic) bond motifs is 1. The van der Waals surface area contributed by atoms with Crippen LogP contribution in [0, 0.1) is 6.92 Å². The fourth-order valence-electron chi connectivity index (χ4n) is 2.58. The van der Waals surface area contributed by atoms with E-state index in [1.807, 2.05) is 36.4 Å². The maximum Gasteiger partial charge on any atom is 0.137 e. The number of aromatic nitrogens is 2. The first-order valence-corrected chi connectivity index (χ1v) is 8.46. The average Bonchev–Trinajstić information content (AvgIpc) is 2.62. The highest BCUT2D eigenvalue weighted by atomic mass is 16.5. The van der Waals surface area contributed by atoms with Crippen molar-refractivity contribution >= 4 is 16.7 Å². The predicted octanol–water partition coefficient (Wildman–Crippen LogP) is 4.60. The summed E-state index contributed by atoms with van der Waals surface area (Å²) in [6.45, 7) is 3.75. The molecule has 0 radical (unpaired) electrons. The highest BCUT2D eigenvalue weighted by Crippen LogP contribution is 2.18. The Bertz CT molecular complexity index is 766. The lowest BCUT2D eigenvalue weighted by molar-refractivity contribution is 0.306. The van der Waals surface area contributed by atoms with Gasteiger partial charge in [-0.15, -0.1) is 0 Å². The Morgan fingerprint density at radius 1 is 0.917 bits per heavy atom. The predicted molar refractivity (Wildman–Crippen MR) is 98.6 cm³/mol. The molecule has 4 nitrogen and oxygen atoms in total. The van der Waals surface area contributed by atoms with Crippen molar-refractivity contribution < 1.29 is 4.74 Å². The molecular weight excluding hydrogens is 298 g/mol. The number of hydrogen-bond acceptors (Lipinski definition) is 4. The van der Waals surface area contributed by atoms with Gasteiger partial charge in [0.15, 0.2) is 0 Å². The Kier molecular flexibility index (Phi) is 5.61. The average molecular weight is 321 g/mol. The number of benzene rings is 2. The third kappa shape index (κ3) is 4.44. The van der Waals surface area contributed by atoms with E-state index >= 15 is 0 Å². The molecule has 0 amide bonds. The molecule has 0 atom stereocenters. The number of rotatable bonds is 8. The first-order chi connectivity index (χ1) is 11.8. The Hall–Kier alpha value is -2.62. The zero-order valence-corrected chi connectivity index (χ0v) is 14.0. The monoisotopic (exact) mass is 321 g/mol. The van der Waals surface area contributed by atoms with Gasteiger partial charge in [-0.25, -0.2) is 9.97 Å². The van der Waals surface area contributed by atoms with Gasteiger partial charge in [0.25, 0.3) is 0 Å². The molecule has 4 heteroatoms. The molecule has 0 bridgehead atoms. The van der Waals surface area contributed by atoms with Gasteiger partial charge in [-0.05, 0) is 50.5 Å². The summed E-state index contributed by atoms with van der Waals surface area (Å²) in [7, 11) is 0. The summed E-state index contributed by atoms with van der Waals surface area (Å²) in [4.78, 5) is 8.62. The van der Waals surface area contributed by atoms with Gasteiger partial charge in [0.05, 0.1) is 12.1 Å². The van der Waals surface area contributed by atoms with E-state index in [-0.39, 0.29) is 0 Å². The van der Waals surface area contributed by atoms with Crippen molar-refractivity contribution in [1.29, 1.82) is 0 Å². The molecule has 0 aliphatic heterocycles. The molecule has 0 spiro atoms. The maximum atomic E-state index is 5.74. The van der Waals surface area contributed by atoms with Gasteiger partial charge in [-0.2, -0.15) is 0 Å². The standard InChI is InChI=1S/C20H23N3O/c1-16-9-11-17(12-10-16)24-14-6-2-5-13-21-20-18-7-3-4-8-19(18)22-15-23-20/h3-4,7-12,15H,2,5-6,13-14H2,1H3,(H,21,22,23). The van der Waals surface area contributed by atoms with Crippen LogP contribution in [0.1, 0.15) is 24.8 Å². The second-order valence-corrected chi connectivity index (χ2v) is 5.89. The number of nitrogens with zero attached hydrogens (tertiary/aromatic N) is 2. The highest BCUT2D eigenvalue weighted by Gasteiger charge is 2.01. The first kappa shape index (κ1) is 16.2. The topological polar surface area (TPSA) is 47.0 Å². The van der Waals surface area contributed by atoms with Crippen molar-refractivity contribution in [2.75, 3.05) is 18.5 Å². The molecule has 124 valence electrons. The number of para-hydroxylation sites is 1. The van der Waals surface area contributed by atoms with Gasteiger partial charge < -0.3 is 10.1 Å². The minimum Gasteiger partial charge on any atom is -0.494 e. The normalized spacial score (nSPS) is 10.7. The van der Waals surface area contributed by atoms with E-state index in [4.69, 9.17) is 4.74 Å². The molecule has 0 aliphatic carbocycles. The summed E-state index contributed by atoms with van der Waals surface area (Å²) in [5.74, 6) is 1.86. The molecular formula is C20H23N3O. The summed E-state index contributed by atoms with van der Waals surface area (Å²) in [5.41, 5.74) is 2.23. The number of unbranched alkanes of at least 4 members (excludes halogenated alkanes) is 2. The van der Waals surface area contributed by atoms with E-state index in [0.29, 0.717) is 0 Å². The molecule has 1 heterocycles. The molecule has 1 aromatic heterocycles. The van der Waals surface area contributed by atoms with Gasteiger partial charge in [0.2, 0.25) is 0 Å². The van der Waals surface area contributed by atoms with Gasteiger partial charge in [-0.3, -0.25) is 0 Å². The SMILES string of the molecule is Cc1ccc(OCCCCCNc2ncnc3ccccc23)cc1. The quantitative estimate of drug-likeness (QED) is 0.616. The van der Waals surface area contributed by atoms with Crippen molar-refractivity contribution in [3.05, 3.63) is 60.4 Å². The van der Waals surface area contributed by atoms with Crippen LogP contribution in [0.15, 0.2) is 54.9 Å². The van der Waals surface area contributed by atoms with Crippen LogP contribution in [-0.4, -0.2) is 23.1 Å². The summed E-state index contributed by atoms with van der Waals surface area (Å²) in [6, 6.07) is 16.3. The fraction of sp³-hybridized carbons (Fsp3) is 0.300. The van der Waals surface area contributed by atoms with Crippen molar-refractivity contribution in [1.82, 2.24) is 9.97 Å². The summed E-state index contributed by atoms with van der Waals surface area (Å²) in [6.07, 6.45) is 4.89. The number of anilines is 1. The van der Waals surface area contributed by atoms with E-state index in [2.05, 4.69) is 34.3 Å². The number of nitrogens with one attached hydrogen (secondary N) is 1. The minimum absolute atomic E-state index is 0.763. The van der Waals surface area contributed by atoms with Crippen LogP contribution < -0.4 is 10.1 Å². The van der Waals surface area contributed by atoms with E-state index < -0.39 is 0 Å². The summed E-state index contributed by atoms with van der Waals surface area (Å²) < 4.78 is 5.74. The van der Waals surface area contributed by atoms with E-state index in [1.54, 1.807) is 6.33 Å². The molecule has 0 saturated heterocycles. The van der Waals surface area contributed by atoms with E-state index in [1.165, 1.54) is 5.56 Å². The molecule has 1 N–H and O–H groups in total. The molecule has 0 fully saturated rings. The molecule has 0 aliphatic rings. The molecule has 0 unspecified atom stereocenters. The van der Waals surface area contributed by atoms with Gasteiger partial charge in [-0.1, -0.05) is 29.8 Å². The van der Waals surface area contributed by atoms with Gasteiger partial charge >= 0.3 is 0 Å². The molecule has 2 aromatic carbocycles. The zero-order valence-electron chi connectivity index (χ0n) is 14.0. The number of ether oxygens (including phenoxy) is 1. The summed E-state index contributed by atoms with van der Waals surface area (Å²) >= 11 is 0. The largest absolute Gasteiger partial charge is 0.494 e. The Morgan fingerprint density at radius 3 is 2.62 bits per heavy atom. The summed E-state index contributed by atoms with van der Waals surface area (Å²) in [5, 5.41) is 4.48. The Labute approximate surface area is 142 Å². The van der Waals surface area contributed by atoms with Crippen molar-refractivity contribution in [2.24, 2.45) is 0 Å². The Morgan fingerprint density at radius 2 is 1.75 bits per heavy atom. The van der Waals surface area contributed by atoms with Crippen LogP contribution in [-0.2, 0) is 0 Å². The third-order valence-electron chi connectivity index (χ3n) is 3.95. The van der Waals surface area contributed by atoms with Crippen molar-refractivity contribution in [2.45, 2.75) is 26.2 Å². The third-order valence-corrected chi connectivity index (χ3v) is 3.95. The van der Waals surface area contributed by atoms with Crippen LogP contribution in [0.5, 0.6) is 5.75 Å². The van der Waals surface area contributed by atoms with Crippen LogP contribution in [0.25, 0.3) is 10.9 Å². The van der Waals surface area contributed by atoms with Crippen molar-refractivity contribution in [3.8, 4) is 5.75 Å². The number of aryl methyl sites for hydroxylation is 1. The smallest absolute Gasteiger partial charge is 0.137 e. The van der Waals surface area contributed by atoms with E-state index in [0.717, 1.165) is 54.9 Å².